The molecule has 1 aliphatic heterocycles. The molecule has 0 saturated carbocycles. The van der Waals surface area contributed by atoms with Crippen molar-refractivity contribution in [3.8, 4) is 0 Å². The quantitative estimate of drug-likeness (QED) is 0.669. The highest BCUT2D eigenvalue weighted by atomic mass is 32.2. The monoisotopic (exact) mass is 421 g/mol. The summed E-state index contributed by atoms with van der Waals surface area (Å²) < 4.78 is 28.2. The third kappa shape index (κ3) is 3.93. The average Bonchev–Trinajstić information content (AvgIpc) is 3.17. The van der Waals surface area contributed by atoms with Crippen LogP contribution in [-0.4, -0.2) is 25.9 Å². The number of hydrogen-bond acceptors (Lipinski definition) is 4. The molecule has 7 heteroatoms. The Morgan fingerprint density at radius 1 is 1.10 bits per heavy atom. The van der Waals surface area contributed by atoms with Crippen LogP contribution in [0.5, 0.6) is 0 Å². The normalized spacial score (nSPS) is 13.4. The highest BCUT2D eigenvalue weighted by Crippen LogP contribution is 2.32. The van der Waals surface area contributed by atoms with Crippen LogP contribution in [0.3, 0.4) is 0 Å². The minimum atomic E-state index is -3.68. The molecule has 1 N–H and O–H groups in total. The van der Waals surface area contributed by atoms with Crippen LogP contribution in [0, 0.1) is 0 Å². The van der Waals surface area contributed by atoms with Gasteiger partial charge in [0.1, 0.15) is 0 Å². The Kier molecular flexibility index (Phi) is 5.30. The van der Waals surface area contributed by atoms with Gasteiger partial charge in [0.25, 0.3) is 15.9 Å². The summed E-state index contributed by atoms with van der Waals surface area (Å²) in [5.74, 6) is 0.226. The minimum absolute atomic E-state index is 0.111. The van der Waals surface area contributed by atoms with Gasteiger partial charge in [-0.25, -0.2) is 8.42 Å². The summed E-state index contributed by atoms with van der Waals surface area (Å²) in [5.41, 5.74) is 3.83. The van der Waals surface area contributed by atoms with Gasteiger partial charge in [-0.3, -0.25) is 14.5 Å². The van der Waals surface area contributed by atoms with E-state index in [1.165, 1.54) is 0 Å². The van der Waals surface area contributed by atoms with Crippen LogP contribution in [-0.2, 0) is 16.4 Å². The van der Waals surface area contributed by atoms with Crippen LogP contribution < -0.4 is 9.62 Å². The van der Waals surface area contributed by atoms with Gasteiger partial charge in [0, 0.05) is 30.3 Å². The van der Waals surface area contributed by atoms with E-state index in [2.05, 4.69) is 23.6 Å². The number of nitrogens with zero attached hydrogens (tertiary/aromatic N) is 2. The molecular formula is C23H23N3O3S. The van der Waals surface area contributed by atoms with Crippen molar-refractivity contribution in [2.45, 2.75) is 31.1 Å². The highest BCUT2D eigenvalue weighted by Gasteiger charge is 2.26. The summed E-state index contributed by atoms with van der Waals surface area (Å²) >= 11 is 0. The Bertz CT molecular complexity index is 1170. The zero-order valence-electron chi connectivity index (χ0n) is 16.9. The summed E-state index contributed by atoms with van der Waals surface area (Å²) in [7, 11) is -3.68. The van der Waals surface area contributed by atoms with Crippen molar-refractivity contribution in [1.82, 2.24) is 4.98 Å². The summed E-state index contributed by atoms with van der Waals surface area (Å²) in [4.78, 5) is 18.7. The van der Waals surface area contributed by atoms with Crippen molar-refractivity contribution in [3.63, 3.8) is 0 Å². The molecule has 0 unspecified atom stereocenters. The van der Waals surface area contributed by atoms with Crippen molar-refractivity contribution >= 4 is 27.3 Å². The lowest BCUT2D eigenvalue weighted by atomic mass is 10.0. The molecule has 4 rings (SSSR count). The maximum absolute atomic E-state index is 12.8. The maximum Gasteiger partial charge on any atom is 0.261 e. The van der Waals surface area contributed by atoms with Crippen LogP contribution >= 0.6 is 0 Å². The topological polar surface area (TPSA) is 79.4 Å². The third-order valence-corrected chi connectivity index (χ3v) is 6.64. The number of carbonyl (C=O) groups excluding carboxylic acids is 1. The van der Waals surface area contributed by atoms with Gasteiger partial charge in [0.2, 0.25) is 0 Å². The lowest BCUT2D eigenvalue weighted by Gasteiger charge is -2.17. The van der Waals surface area contributed by atoms with Crippen LogP contribution in [0.15, 0.2) is 71.9 Å². The van der Waals surface area contributed by atoms with Crippen LogP contribution in [0.2, 0.25) is 0 Å². The fraction of sp³-hybridized carbons (Fsp3) is 0.217. The fourth-order valence-electron chi connectivity index (χ4n) is 3.57. The predicted molar refractivity (Wildman–Crippen MR) is 117 cm³/mol. The minimum Gasteiger partial charge on any atom is -0.308 e. The van der Waals surface area contributed by atoms with Crippen LogP contribution in [0.1, 0.15) is 41.3 Å². The number of hydrogen-bond donors (Lipinski definition) is 1. The van der Waals surface area contributed by atoms with E-state index in [-0.39, 0.29) is 10.8 Å². The molecule has 0 atom stereocenters. The first-order valence-electron chi connectivity index (χ1n) is 9.83. The zero-order chi connectivity index (χ0) is 21.3. The number of rotatable bonds is 5. The van der Waals surface area contributed by atoms with Gasteiger partial charge < -0.3 is 4.90 Å². The van der Waals surface area contributed by atoms with Gasteiger partial charge in [0.15, 0.2) is 0 Å². The Hall–Kier alpha value is -3.19. The van der Waals surface area contributed by atoms with E-state index in [0.29, 0.717) is 30.1 Å². The molecule has 0 spiro atoms. The molecule has 30 heavy (non-hydrogen) atoms. The van der Waals surface area contributed by atoms with E-state index in [9.17, 15) is 13.2 Å². The van der Waals surface area contributed by atoms with E-state index < -0.39 is 10.0 Å². The molecule has 2 heterocycles. The lowest BCUT2D eigenvalue weighted by molar-refractivity contribution is 0.0989. The molecule has 1 aromatic heterocycles. The number of sulfonamides is 1. The van der Waals surface area contributed by atoms with E-state index in [4.69, 9.17) is 0 Å². The number of fused-ring (bicyclic) bond motifs is 1. The van der Waals surface area contributed by atoms with Gasteiger partial charge in [-0.2, -0.15) is 0 Å². The second-order valence-corrected chi connectivity index (χ2v) is 9.30. The number of amides is 1. The van der Waals surface area contributed by atoms with Crippen molar-refractivity contribution in [2.24, 2.45) is 0 Å². The smallest absolute Gasteiger partial charge is 0.261 e. The standard InChI is InChI=1S/C23H23N3O3S/c1-16(2)17-5-8-21(9-6-17)30(28,29)25-20-7-10-22-18(14-20)11-13-26(22)23(27)19-4-3-12-24-15-19/h3-10,12,14-16,25H,11,13H2,1-2H3. The molecule has 0 aliphatic carbocycles. The molecule has 0 fully saturated rings. The van der Waals surface area contributed by atoms with E-state index >= 15 is 0 Å². The van der Waals surface area contributed by atoms with Gasteiger partial charge in [-0.15, -0.1) is 0 Å². The second-order valence-electron chi connectivity index (χ2n) is 7.62. The highest BCUT2D eigenvalue weighted by molar-refractivity contribution is 7.92. The summed E-state index contributed by atoms with van der Waals surface area (Å²) in [5, 5.41) is 0. The largest absolute Gasteiger partial charge is 0.308 e. The number of benzene rings is 2. The van der Waals surface area contributed by atoms with Gasteiger partial charge >= 0.3 is 0 Å². The van der Waals surface area contributed by atoms with Gasteiger partial charge in [-0.05, 0) is 65.9 Å². The Morgan fingerprint density at radius 2 is 1.87 bits per heavy atom. The second kappa shape index (κ2) is 7.91. The zero-order valence-corrected chi connectivity index (χ0v) is 17.7. The number of anilines is 2. The average molecular weight is 422 g/mol. The third-order valence-electron chi connectivity index (χ3n) is 5.24. The Balaban J connectivity index is 1.54. The Labute approximate surface area is 176 Å². The molecular weight excluding hydrogens is 398 g/mol. The molecule has 6 nitrogen and oxygen atoms in total. The van der Waals surface area contributed by atoms with E-state index in [1.807, 2.05) is 12.1 Å². The molecule has 2 aromatic carbocycles. The number of aromatic nitrogens is 1. The molecule has 3 aromatic rings. The van der Waals surface area contributed by atoms with Crippen LogP contribution in [0.4, 0.5) is 11.4 Å². The maximum atomic E-state index is 12.8. The van der Waals surface area contributed by atoms with Crippen LogP contribution in [0.25, 0.3) is 0 Å². The summed E-state index contributed by atoms with van der Waals surface area (Å²) in [6, 6.07) is 15.7. The van der Waals surface area contributed by atoms with Crippen molar-refractivity contribution < 1.29 is 13.2 Å². The first-order valence-corrected chi connectivity index (χ1v) is 11.3. The number of pyridine rings is 1. The molecule has 0 saturated heterocycles. The molecule has 1 aliphatic rings. The molecule has 0 radical (unpaired) electrons. The predicted octanol–water partition coefficient (Wildman–Crippen LogP) is 4.21. The molecule has 1 amide bonds. The number of nitrogens with one attached hydrogen (secondary N) is 1. The van der Waals surface area contributed by atoms with Crippen molar-refractivity contribution in [1.29, 1.82) is 0 Å². The lowest BCUT2D eigenvalue weighted by Crippen LogP contribution is -2.28. The van der Waals surface area contributed by atoms with E-state index in [1.54, 1.807) is 59.8 Å². The van der Waals surface area contributed by atoms with E-state index in [0.717, 1.165) is 16.8 Å². The first-order chi connectivity index (χ1) is 14.3. The SMILES string of the molecule is CC(C)c1ccc(S(=O)(=O)Nc2ccc3c(c2)CCN3C(=O)c2cccnc2)cc1. The van der Waals surface area contributed by atoms with Crippen molar-refractivity contribution in [3.05, 3.63) is 83.7 Å². The molecule has 0 bridgehead atoms. The first kappa shape index (κ1) is 20.1. The van der Waals surface area contributed by atoms with Gasteiger partial charge in [-0.1, -0.05) is 26.0 Å². The van der Waals surface area contributed by atoms with Gasteiger partial charge in [0.05, 0.1) is 10.5 Å². The summed E-state index contributed by atoms with van der Waals surface area (Å²) in [6.45, 7) is 4.68. The summed E-state index contributed by atoms with van der Waals surface area (Å²) in [6.07, 6.45) is 3.84. The molecule has 154 valence electrons. The fourth-order valence-corrected chi connectivity index (χ4v) is 4.62. The van der Waals surface area contributed by atoms with Crippen molar-refractivity contribution in [2.75, 3.05) is 16.2 Å². The number of carbonyl (C=O) groups is 1. The Morgan fingerprint density at radius 3 is 2.53 bits per heavy atom.